The van der Waals surface area contributed by atoms with Crippen molar-refractivity contribution >= 4 is 0 Å². The second kappa shape index (κ2) is 5.11. The second-order valence-corrected chi connectivity index (χ2v) is 3.91. The average Bonchev–Trinajstić information content (AvgIpc) is 2.18. The molecule has 0 bridgehead atoms. The summed E-state index contributed by atoms with van der Waals surface area (Å²) in [6.45, 7) is 12.4. The van der Waals surface area contributed by atoms with E-state index in [-0.39, 0.29) is 0 Å². The summed E-state index contributed by atoms with van der Waals surface area (Å²) in [5.41, 5.74) is 1.09. The zero-order chi connectivity index (χ0) is 9.68. The molecule has 1 saturated heterocycles. The van der Waals surface area contributed by atoms with Crippen LogP contribution in [0.3, 0.4) is 0 Å². The number of hydrogen-bond acceptors (Lipinski definition) is 1. The Kier molecular flexibility index (Phi) is 4.07. The molecular formula is C12H21N. The first kappa shape index (κ1) is 10.4. The number of piperidine rings is 1. The molecule has 1 heteroatoms. The first-order valence-corrected chi connectivity index (χ1v) is 5.34. The van der Waals surface area contributed by atoms with Crippen molar-refractivity contribution in [3.8, 4) is 0 Å². The monoisotopic (exact) mass is 179 g/mol. The van der Waals surface area contributed by atoms with Crippen LogP contribution < -0.4 is 0 Å². The van der Waals surface area contributed by atoms with Gasteiger partial charge in [0.1, 0.15) is 0 Å². The van der Waals surface area contributed by atoms with Crippen LogP contribution in [0.25, 0.3) is 0 Å². The highest BCUT2D eigenvalue weighted by molar-refractivity contribution is 5.10. The van der Waals surface area contributed by atoms with Crippen molar-refractivity contribution in [3.63, 3.8) is 0 Å². The zero-order valence-electron chi connectivity index (χ0n) is 8.76. The summed E-state index contributed by atoms with van der Waals surface area (Å²) in [6.07, 6.45) is 7.25. The minimum atomic E-state index is 0.957. The van der Waals surface area contributed by atoms with Crippen LogP contribution >= 0.6 is 0 Å². The van der Waals surface area contributed by atoms with Crippen LogP contribution in [0.5, 0.6) is 0 Å². The molecule has 0 aliphatic carbocycles. The Morgan fingerprint density at radius 2 is 2.08 bits per heavy atom. The topological polar surface area (TPSA) is 3.24 Å². The first-order valence-electron chi connectivity index (χ1n) is 5.34. The van der Waals surface area contributed by atoms with Crippen molar-refractivity contribution in [2.75, 3.05) is 13.1 Å². The molecule has 0 atom stereocenters. The molecule has 0 aromatic carbocycles. The minimum Gasteiger partial charge on any atom is -0.372 e. The van der Waals surface area contributed by atoms with E-state index >= 15 is 0 Å². The van der Waals surface area contributed by atoms with E-state index in [1.165, 1.54) is 38.8 Å². The molecule has 0 radical (unpaired) electrons. The summed E-state index contributed by atoms with van der Waals surface area (Å²) in [4.78, 5) is 2.35. The van der Waals surface area contributed by atoms with Crippen molar-refractivity contribution in [1.29, 1.82) is 0 Å². The summed E-state index contributed by atoms with van der Waals surface area (Å²) >= 11 is 0. The molecule has 13 heavy (non-hydrogen) atoms. The predicted molar refractivity (Wildman–Crippen MR) is 58.5 cm³/mol. The molecule has 1 nitrogen and oxygen atoms in total. The van der Waals surface area contributed by atoms with E-state index in [0.29, 0.717) is 0 Å². The Morgan fingerprint density at radius 3 is 2.54 bits per heavy atom. The van der Waals surface area contributed by atoms with Crippen LogP contribution in [-0.4, -0.2) is 18.0 Å². The minimum absolute atomic E-state index is 0.957. The van der Waals surface area contributed by atoms with E-state index in [1.807, 2.05) is 6.08 Å². The Morgan fingerprint density at radius 1 is 1.46 bits per heavy atom. The standard InChI is InChI=1S/C12H21N/c1-4-6-12-7-9-13(10-8-12)11(3)5-2/h5,12H,2-4,6-10H2,1H3. The first-order chi connectivity index (χ1) is 6.27. The van der Waals surface area contributed by atoms with Gasteiger partial charge < -0.3 is 4.90 Å². The van der Waals surface area contributed by atoms with Crippen molar-refractivity contribution < 1.29 is 0 Å². The Labute approximate surface area is 82.1 Å². The number of rotatable bonds is 4. The molecule has 0 amide bonds. The SMILES string of the molecule is C=CC(=C)N1CCC(CCC)CC1. The van der Waals surface area contributed by atoms with Gasteiger partial charge in [0, 0.05) is 18.8 Å². The van der Waals surface area contributed by atoms with Gasteiger partial charge in [0.05, 0.1) is 0 Å². The average molecular weight is 179 g/mol. The molecule has 0 N–H and O–H groups in total. The van der Waals surface area contributed by atoms with Crippen molar-refractivity contribution in [2.24, 2.45) is 5.92 Å². The molecule has 1 aliphatic heterocycles. The number of likely N-dealkylation sites (tertiary alicyclic amines) is 1. The van der Waals surface area contributed by atoms with Gasteiger partial charge in [-0.2, -0.15) is 0 Å². The maximum Gasteiger partial charge on any atom is 0.0287 e. The molecule has 1 heterocycles. The van der Waals surface area contributed by atoms with Crippen LogP contribution in [0.2, 0.25) is 0 Å². The smallest absolute Gasteiger partial charge is 0.0287 e. The fraction of sp³-hybridized carbons (Fsp3) is 0.667. The maximum atomic E-state index is 3.98. The van der Waals surface area contributed by atoms with Gasteiger partial charge in [-0.3, -0.25) is 0 Å². The van der Waals surface area contributed by atoms with Gasteiger partial charge in [-0.05, 0) is 24.8 Å². The van der Waals surface area contributed by atoms with E-state index in [9.17, 15) is 0 Å². The van der Waals surface area contributed by atoms with Gasteiger partial charge >= 0.3 is 0 Å². The van der Waals surface area contributed by atoms with Crippen LogP contribution in [0.1, 0.15) is 32.6 Å². The number of nitrogens with zero attached hydrogens (tertiary/aromatic N) is 1. The Bertz CT molecular complexity index is 176. The van der Waals surface area contributed by atoms with Crippen LogP contribution in [0, 0.1) is 5.92 Å². The Hall–Kier alpha value is -0.720. The summed E-state index contributed by atoms with van der Waals surface area (Å²) in [7, 11) is 0. The summed E-state index contributed by atoms with van der Waals surface area (Å²) in [5.74, 6) is 0.957. The molecule has 1 aliphatic rings. The second-order valence-electron chi connectivity index (χ2n) is 3.91. The molecule has 0 aromatic rings. The summed E-state index contributed by atoms with van der Waals surface area (Å²) in [6, 6.07) is 0. The third-order valence-electron chi connectivity index (χ3n) is 2.95. The lowest BCUT2D eigenvalue weighted by Crippen LogP contribution is -2.32. The molecule has 0 spiro atoms. The fourth-order valence-corrected chi connectivity index (χ4v) is 2.05. The van der Waals surface area contributed by atoms with Crippen molar-refractivity contribution in [3.05, 3.63) is 24.9 Å². The molecule has 0 aromatic heterocycles. The van der Waals surface area contributed by atoms with E-state index < -0.39 is 0 Å². The largest absolute Gasteiger partial charge is 0.372 e. The predicted octanol–water partition coefficient (Wildman–Crippen LogP) is 3.20. The zero-order valence-corrected chi connectivity index (χ0v) is 8.76. The highest BCUT2D eigenvalue weighted by Crippen LogP contribution is 2.23. The molecule has 1 rings (SSSR count). The number of hydrogen-bond donors (Lipinski definition) is 0. The van der Waals surface area contributed by atoms with Crippen LogP contribution in [-0.2, 0) is 0 Å². The van der Waals surface area contributed by atoms with Gasteiger partial charge in [0.15, 0.2) is 0 Å². The van der Waals surface area contributed by atoms with E-state index in [2.05, 4.69) is 25.0 Å². The van der Waals surface area contributed by atoms with Gasteiger partial charge in [-0.15, -0.1) is 0 Å². The van der Waals surface area contributed by atoms with Gasteiger partial charge in [-0.25, -0.2) is 0 Å². The van der Waals surface area contributed by atoms with Gasteiger partial charge in [-0.1, -0.05) is 32.9 Å². The lowest BCUT2D eigenvalue weighted by Gasteiger charge is -2.33. The normalized spacial score (nSPS) is 18.7. The highest BCUT2D eigenvalue weighted by Gasteiger charge is 2.17. The van der Waals surface area contributed by atoms with E-state index in [0.717, 1.165) is 11.6 Å². The highest BCUT2D eigenvalue weighted by atomic mass is 15.1. The molecule has 74 valence electrons. The molecule has 1 fully saturated rings. The summed E-state index contributed by atoms with van der Waals surface area (Å²) < 4.78 is 0. The third-order valence-corrected chi connectivity index (χ3v) is 2.95. The van der Waals surface area contributed by atoms with Crippen LogP contribution in [0.4, 0.5) is 0 Å². The van der Waals surface area contributed by atoms with E-state index in [1.54, 1.807) is 0 Å². The van der Waals surface area contributed by atoms with Crippen molar-refractivity contribution in [1.82, 2.24) is 4.90 Å². The summed E-state index contributed by atoms with van der Waals surface area (Å²) in [5, 5.41) is 0. The van der Waals surface area contributed by atoms with Crippen molar-refractivity contribution in [2.45, 2.75) is 32.6 Å². The third kappa shape index (κ3) is 2.91. The Balaban J connectivity index is 2.30. The lowest BCUT2D eigenvalue weighted by atomic mass is 9.92. The van der Waals surface area contributed by atoms with E-state index in [4.69, 9.17) is 0 Å². The van der Waals surface area contributed by atoms with Gasteiger partial charge in [0.2, 0.25) is 0 Å². The van der Waals surface area contributed by atoms with Crippen LogP contribution in [0.15, 0.2) is 24.9 Å². The fourth-order valence-electron chi connectivity index (χ4n) is 2.05. The quantitative estimate of drug-likeness (QED) is 0.599. The van der Waals surface area contributed by atoms with Gasteiger partial charge in [0.25, 0.3) is 0 Å². The maximum absolute atomic E-state index is 3.98. The number of allylic oxidation sites excluding steroid dienone is 1. The molecule has 0 unspecified atom stereocenters. The molecule has 0 saturated carbocycles. The molecular weight excluding hydrogens is 158 g/mol. The lowest BCUT2D eigenvalue weighted by molar-refractivity contribution is 0.224.